The fraction of sp³-hybridized carbons (Fsp3) is 0.538. The van der Waals surface area contributed by atoms with Crippen LogP contribution in [-0.4, -0.2) is 10.7 Å². The molecule has 0 radical (unpaired) electrons. The summed E-state index contributed by atoms with van der Waals surface area (Å²) in [5.41, 5.74) is -0.0592. The van der Waals surface area contributed by atoms with Gasteiger partial charge in [0.15, 0.2) is 0 Å². The quantitative estimate of drug-likeness (QED) is 0.792. The molecule has 2 rings (SSSR count). The Morgan fingerprint density at radius 2 is 2.20 bits per heavy atom. The molecule has 1 aromatic rings. The molecule has 1 fully saturated rings. The molecule has 2 heteroatoms. The molecule has 2 atom stereocenters. The first-order valence-corrected chi connectivity index (χ1v) is 5.57. The van der Waals surface area contributed by atoms with Crippen LogP contribution >= 0.6 is 0 Å². The van der Waals surface area contributed by atoms with Crippen LogP contribution in [-0.2, 0) is 6.42 Å². The van der Waals surface area contributed by atoms with Crippen molar-refractivity contribution < 1.29 is 9.50 Å². The lowest BCUT2D eigenvalue weighted by Crippen LogP contribution is -2.34. The van der Waals surface area contributed by atoms with E-state index in [1.54, 1.807) is 12.1 Å². The Morgan fingerprint density at radius 3 is 2.80 bits per heavy atom. The van der Waals surface area contributed by atoms with Gasteiger partial charge in [0, 0.05) is 6.42 Å². The average molecular weight is 208 g/mol. The summed E-state index contributed by atoms with van der Waals surface area (Å²) in [5.74, 6) is 0.0714. The van der Waals surface area contributed by atoms with E-state index in [1.807, 2.05) is 13.0 Å². The maximum atomic E-state index is 13.4. The Labute approximate surface area is 89.9 Å². The molecule has 0 aromatic heterocycles. The maximum Gasteiger partial charge on any atom is 0.126 e. The van der Waals surface area contributed by atoms with Crippen LogP contribution in [0.4, 0.5) is 4.39 Å². The smallest absolute Gasteiger partial charge is 0.126 e. The van der Waals surface area contributed by atoms with E-state index in [1.165, 1.54) is 6.07 Å². The molecular weight excluding hydrogens is 191 g/mol. The fourth-order valence-electron chi connectivity index (χ4n) is 2.46. The van der Waals surface area contributed by atoms with Gasteiger partial charge in [0.05, 0.1) is 5.60 Å². The van der Waals surface area contributed by atoms with E-state index < -0.39 is 5.60 Å². The van der Waals surface area contributed by atoms with Crippen molar-refractivity contribution in [2.24, 2.45) is 5.92 Å². The molecule has 1 saturated carbocycles. The number of benzene rings is 1. The van der Waals surface area contributed by atoms with Crippen LogP contribution < -0.4 is 0 Å². The van der Waals surface area contributed by atoms with Crippen molar-refractivity contribution >= 4 is 0 Å². The number of hydrogen-bond donors (Lipinski definition) is 1. The van der Waals surface area contributed by atoms with Crippen LogP contribution in [0.3, 0.4) is 0 Å². The van der Waals surface area contributed by atoms with E-state index in [9.17, 15) is 9.50 Å². The summed E-state index contributed by atoms with van der Waals surface area (Å²) in [7, 11) is 0. The second-order valence-corrected chi connectivity index (χ2v) is 4.67. The minimum atomic E-state index is -0.692. The summed E-state index contributed by atoms with van der Waals surface area (Å²) in [5, 5.41) is 10.4. The molecule has 1 aliphatic rings. The topological polar surface area (TPSA) is 20.2 Å². The third kappa shape index (κ3) is 2.05. The standard InChI is InChI=1S/C13H17FO/c1-10-5-4-8-13(10,15)9-11-6-2-3-7-12(11)14/h2-3,6-7,10,15H,4-5,8-9H2,1H3. The maximum absolute atomic E-state index is 13.4. The first-order valence-electron chi connectivity index (χ1n) is 5.57. The van der Waals surface area contributed by atoms with Crippen molar-refractivity contribution in [1.29, 1.82) is 0 Å². The molecule has 82 valence electrons. The van der Waals surface area contributed by atoms with Crippen molar-refractivity contribution in [3.05, 3.63) is 35.6 Å². The number of halogens is 1. The van der Waals surface area contributed by atoms with Crippen LogP contribution in [0.5, 0.6) is 0 Å². The van der Waals surface area contributed by atoms with Gasteiger partial charge >= 0.3 is 0 Å². The van der Waals surface area contributed by atoms with Gasteiger partial charge in [-0.15, -0.1) is 0 Å². The van der Waals surface area contributed by atoms with E-state index >= 15 is 0 Å². The molecule has 1 aliphatic carbocycles. The highest BCUT2D eigenvalue weighted by Crippen LogP contribution is 2.38. The van der Waals surface area contributed by atoms with Crippen LogP contribution in [0.1, 0.15) is 31.7 Å². The van der Waals surface area contributed by atoms with Gasteiger partial charge in [-0.05, 0) is 30.4 Å². The van der Waals surface area contributed by atoms with Gasteiger partial charge in [-0.25, -0.2) is 4.39 Å². The molecule has 1 aromatic carbocycles. The molecule has 1 N–H and O–H groups in total. The molecular formula is C13H17FO. The summed E-state index contributed by atoms with van der Waals surface area (Å²) >= 11 is 0. The largest absolute Gasteiger partial charge is 0.389 e. The molecule has 0 bridgehead atoms. The summed E-state index contributed by atoms with van der Waals surface area (Å²) in [4.78, 5) is 0. The summed E-state index contributed by atoms with van der Waals surface area (Å²) in [6.07, 6.45) is 3.33. The fourth-order valence-corrected chi connectivity index (χ4v) is 2.46. The van der Waals surface area contributed by atoms with Gasteiger partial charge in [0.25, 0.3) is 0 Å². The van der Waals surface area contributed by atoms with Crippen LogP contribution in [0.15, 0.2) is 24.3 Å². The third-order valence-corrected chi connectivity index (χ3v) is 3.62. The monoisotopic (exact) mass is 208 g/mol. The van der Waals surface area contributed by atoms with Gasteiger partial charge in [-0.2, -0.15) is 0 Å². The SMILES string of the molecule is CC1CCCC1(O)Cc1ccccc1F. The second-order valence-electron chi connectivity index (χ2n) is 4.67. The van der Waals surface area contributed by atoms with Crippen molar-refractivity contribution in [1.82, 2.24) is 0 Å². The predicted octanol–water partition coefficient (Wildman–Crippen LogP) is 2.92. The lowest BCUT2D eigenvalue weighted by molar-refractivity contribution is 0.00887. The highest BCUT2D eigenvalue weighted by molar-refractivity contribution is 5.20. The Morgan fingerprint density at radius 1 is 1.47 bits per heavy atom. The zero-order valence-corrected chi connectivity index (χ0v) is 9.04. The molecule has 15 heavy (non-hydrogen) atoms. The Hall–Kier alpha value is -0.890. The van der Waals surface area contributed by atoms with Gasteiger partial charge < -0.3 is 5.11 Å². The minimum Gasteiger partial charge on any atom is -0.389 e. The molecule has 2 unspecified atom stereocenters. The van der Waals surface area contributed by atoms with E-state index in [4.69, 9.17) is 0 Å². The predicted molar refractivity (Wildman–Crippen MR) is 58.1 cm³/mol. The lowest BCUT2D eigenvalue weighted by atomic mass is 9.86. The van der Waals surface area contributed by atoms with Crippen molar-refractivity contribution in [2.45, 2.75) is 38.2 Å². The highest BCUT2D eigenvalue weighted by Gasteiger charge is 2.38. The van der Waals surface area contributed by atoms with Crippen molar-refractivity contribution in [3.63, 3.8) is 0 Å². The average Bonchev–Trinajstić information content (AvgIpc) is 2.51. The number of rotatable bonds is 2. The highest BCUT2D eigenvalue weighted by atomic mass is 19.1. The van der Waals surface area contributed by atoms with Crippen LogP contribution in [0.2, 0.25) is 0 Å². The Balaban J connectivity index is 2.18. The zero-order valence-electron chi connectivity index (χ0n) is 9.04. The van der Waals surface area contributed by atoms with Gasteiger partial charge in [-0.1, -0.05) is 31.5 Å². The van der Waals surface area contributed by atoms with E-state index in [-0.39, 0.29) is 11.7 Å². The van der Waals surface area contributed by atoms with E-state index in [0.29, 0.717) is 12.0 Å². The van der Waals surface area contributed by atoms with E-state index in [2.05, 4.69) is 0 Å². The van der Waals surface area contributed by atoms with Crippen molar-refractivity contribution in [2.75, 3.05) is 0 Å². The van der Waals surface area contributed by atoms with Crippen LogP contribution in [0, 0.1) is 11.7 Å². The first kappa shape index (κ1) is 10.6. The molecule has 0 spiro atoms. The second kappa shape index (κ2) is 3.93. The lowest BCUT2D eigenvalue weighted by Gasteiger charge is -2.27. The number of aliphatic hydroxyl groups is 1. The molecule has 0 saturated heterocycles. The molecule has 0 heterocycles. The normalized spacial score (nSPS) is 30.7. The Bertz CT molecular complexity index is 350. The molecule has 1 nitrogen and oxygen atoms in total. The van der Waals surface area contributed by atoms with Gasteiger partial charge in [0.2, 0.25) is 0 Å². The zero-order chi connectivity index (χ0) is 10.9. The van der Waals surface area contributed by atoms with E-state index in [0.717, 1.165) is 19.3 Å². The van der Waals surface area contributed by atoms with Gasteiger partial charge in [0.1, 0.15) is 5.82 Å². The third-order valence-electron chi connectivity index (χ3n) is 3.62. The number of hydrogen-bond acceptors (Lipinski definition) is 1. The Kier molecular flexibility index (Phi) is 2.79. The molecule has 0 amide bonds. The van der Waals surface area contributed by atoms with Crippen molar-refractivity contribution in [3.8, 4) is 0 Å². The van der Waals surface area contributed by atoms with Gasteiger partial charge in [-0.3, -0.25) is 0 Å². The summed E-state index contributed by atoms with van der Waals surface area (Å²) in [6.45, 7) is 2.05. The first-order chi connectivity index (χ1) is 7.12. The van der Waals surface area contributed by atoms with Crippen LogP contribution in [0.25, 0.3) is 0 Å². The molecule has 0 aliphatic heterocycles. The minimum absolute atomic E-state index is 0.204. The summed E-state index contributed by atoms with van der Waals surface area (Å²) < 4.78 is 13.4. The summed E-state index contributed by atoms with van der Waals surface area (Å²) in [6, 6.07) is 6.72.